The summed E-state index contributed by atoms with van der Waals surface area (Å²) in [5.74, 6) is -1.92. The fourth-order valence-corrected chi connectivity index (χ4v) is 2.70. The number of carbonyl (C=O) groups is 2. The van der Waals surface area contributed by atoms with E-state index in [0.717, 1.165) is 5.39 Å². The number of aryl methyl sites for hydroxylation is 1. The molecule has 1 unspecified atom stereocenters. The number of nitrogens with one attached hydrogen (secondary N) is 1. The van der Waals surface area contributed by atoms with Gasteiger partial charge < -0.3 is 19.7 Å². The molecule has 0 spiro atoms. The highest BCUT2D eigenvalue weighted by Gasteiger charge is 2.33. The zero-order chi connectivity index (χ0) is 15.9. The van der Waals surface area contributed by atoms with Gasteiger partial charge in [-0.15, -0.1) is 0 Å². The van der Waals surface area contributed by atoms with Crippen molar-refractivity contribution in [2.45, 2.75) is 13.0 Å². The molecule has 1 aliphatic rings. The van der Waals surface area contributed by atoms with Gasteiger partial charge in [-0.2, -0.15) is 0 Å². The maximum Gasteiger partial charge on any atom is 0.328 e. The molecular weight excluding hydrogens is 291 g/mol. The molecule has 1 amide bonds. The van der Waals surface area contributed by atoms with Crippen molar-refractivity contribution in [2.75, 3.05) is 19.8 Å². The zero-order valence-corrected chi connectivity index (χ0v) is 11.9. The Hall–Kier alpha value is -2.41. The van der Waals surface area contributed by atoms with Crippen molar-refractivity contribution < 1.29 is 23.8 Å². The first kappa shape index (κ1) is 14.5. The zero-order valence-electron chi connectivity index (χ0n) is 11.9. The Bertz CT molecular complexity index is 755. The molecule has 1 atom stereocenters. The first-order chi connectivity index (χ1) is 10.5. The van der Waals surface area contributed by atoms with E-state index >= 15 is 0 Å². The first-order valence-corrected chi connectivity index (χ1v) is 6.88. The highest BCUT2D eigenvalue weighted by atomic mass is 19.1. The van der Waals surface area contributed by atoms with Gasteiger partial charge in [0.2, 0.25) is 0 Å². The number of nitrogens with zero attached hydrogens (tertiary/aromatic N) is 1. The van der Waals surface area contributed by atoms with Gasteiger partial charge in [0, 0.05) is 17.4 Å². The molecule has 2 aromatic rings. The molecular formula is C15H15FN2O4. The third-order valence-corrected chi connectivity index (χ3v) is 3.81. The average molecular weight is 306 g/mol. The third-order valence-electron chi connectivity index (χ3n) is 3.81. The Labute approximate surface area is 125 Å². The molecule has 0 aliphatic carbocycles. The molecule has 22 heavy (non-hydrogen) atoms. The fourth-order valence-electron chi connectivity index (χ4n) is 2.70. The van der Waals surface area contributed by atoms with Crippen LogP contribution in [0, 0.1) is 12.7 Å². The van der Waals surface area contributed by atoms with Gasteiger partial charge >= 0.3 is 5.97 Å². The summed E-state index contributed by atoms with van der Waals surface area (Å²) in [7, 11) is 0. The van der Waals surface area contributed by atoms with Crippen LogP contribution in [0.25, 0.3) is 10.9 Å². The smallest absolute Gasteiger partial charge is 0.328 e. The number of ether oxygens (including phenoxy) is 1. The third kappa shape index (κ3) is 2.43. The summed E-state index contributed by atoms with van der Waals surface area (Å²) < 4.78 is 18.5. The summed E-state index contributed by atoms with van der Waals surface area (Å²) in [6, 6.07) is 3.32. The molecule has 2 N–H and O–H groups in total. The predicted octanol–water partition coefficient (Wildman–Crippen LogP) is 1.54. The van der Waals surface area contributed by atoms with Crippen LogP contribution in [0.2, 0.25) is 0 Å². The SMILES string of the molecule is Cc1cc(F)cc2[nH]c(C(=O)N3CCOCC3C(=O)O)cc12. The summed E-state index contributed by atoms with van der Waals surface area (Å²) in [4.78, 5) is 27.9. The molecule has 2 heterocycles. The number of halogens is 1. The van der Waals surface area contributed by atoms with E-state index in [9.17, 15) is 19.1 Å². The van der Waals surface area contributed by atoms with Crippen molar-refractivity contribution in [1.29, 1.82) is 0 Å². The van der Waals surface area contributed by atoms with Crippen LogP contribution in [-0.2, 0) is 9.53 Å². The van der Waals surface area contributed by atoms with Crippen molar-refractivity contribution in [2.24, 2.45) is 0 Å². The number of hydrogen-bond donors (Lipinski definition) is 2. The second-order valence-corrected chi connectivity index (χ2v) is 5.29. The molecule has 0 saturated carbocycles. The molecule has 1 saturated heterocycles. The van der Waals surface area contributed by atoms with E-state index in [1.807, 2.05) is 0 Å². The number of aromatic amines is 1. The summed E-state index contributed by atoms with van der Waals surface area (Å²) in [5, 5.41) is 9.93. The molecule has 1 fully saturated rings. The van der Waals surface area contributed by atoms with Gasteiger partial charge in [0.25, 0.3) is 5.91 Å². The van der Waals surface area contributed by atoms with Crippen LogP contribution >= 0.6 is 0 Å². The van der Waals surface area contributed by atoms with Gasteiger partial charge in [-0.3, -0.25) is 4.79 Å². The van der Waals surface area contributed by atoms with Gasteiger partial charge in [-0.25, -0.2) is 9.18 Å². The molecule has 6 nitrogen and oxygen atoms in total. The number of carboxylic acid groups (broad SMARTS) is 1. The van der Waals surface area contributed by atoms with Gasteiger partial charge in [0.15, 0.2) is 6.04 Å². The topological polar surface area (TPSA) is 82.6 Å². The quantitative estimate of drug-likeness (QED) is 0.881. The number of fused-ring (bicyclic) bond motifs is 1. The number of hydrogen-bond acceptors (Lipinski definition) is 3. The summed E-state index contributed by atoms with van der Waals surface area (Å²) in [5.41, 5.74) is 1.47. The molecule has 0 radical (unpaired) electrons. The normalized spacial score (nSPS) is 18.6. The number of morpholine rings is 1. The van der Waals surface area contributed by atoms with Crippen LogP contribution < -0.4 is 0 Å². The van der Waals surface area contributed by atoms with Crippen LogP contribution in [-0.4, -0.2) is 52.7 Å². The van der Waals surface area contributed by atoms with Crippen molar-refractivity contribution in [3.05, 3.63) is 35.3 Å². The number of benzene rings is 1. The standard InChI is InChI=1S/C15H15FN2O4/c1-8-4-9(16)5-11-10(8)6-12(17-11)14(19)18-2-3-22-7-13(18)15(20)21/h4-6,13,17H,2-3,7H2,1H3,(H,20,21). The number of aromatic nitrogens is 1. The molecule has 1 aromatic carbocycles. The number of H-pyrrole nitrogens is 1. The van der Waals surface area contributed by atoms with Crippen molar-refractivity contribution >= 4 is 22.8 Å². The van der Waals surface area contributed by atoms with E-state index in [1.165, 1.54) is 17.0 Å². The Morgan fingerprint density at radius 1 is 1.41 bits per heavy atom. The molecule has 1 aliphatic heterocycles. The van der Waals surface area contributed by atoms with Gasteiger partial charge in [-0.1, -0.05) is 0 Å². The van der Waals surface area contributed by atoms with Crippen LogP contribution in [0.1, 0.15) is 16.1 Å². The Kier molecular flexibility index (Phi) is 3.58. The second kappa shape index (κ2) is 5.42. The van der Waals surface area contributed by atoms with Crippen LogP contribution in [0.4, 0.5) is 4.39 Å². The van der Waals surface area contributed by atoms with Crippen molar-refractivity contribution in [1.82, 2.24) is 9.88 Å². The van der Waals surface area contributed by atoms with Gasteiger partial charge in [0.1, 0.15) is 11.5 Å². The largest absolute Gasteiger partial charge is 0.480 e. The highest BCUT2D eigenvalue weighted by molar-refractivity contribution is 6.00. The van der Waals surface area contributed by atoms with Crippen LogP contribution in [0.3, 0.4) is 0 Å². The maximum absolute atomic E-state index is 13.4. The monoisotopic (exact) mass is 306 g/mol. The summed E-state index contributed by atoms with van der Waals surface area (Å²) in [6.45, 7) is 2.22. The lowest BCUT2D eigenvalue weighted by Gasteiger charge is -2.32. The highest BCUT2D eigenvalue weighted by Crippen LogP contribution is 2.23. The van der Waals surface area contributed by atoms with E-state index < -0.39 is 17.9 Å². The van der Waals surface area contributed by atoms with E-state index in [1.54, 1.807) is 13.0 Å². The van der Waals surface area contributed by atoms with E-state index in [4.69, 9.17) is 4.74 Å². The number of amides is 1. The Balaban J connectivity index is 1.97. The molecule has 1 aromatic heterocycles. The van der Waals surface area contributed by atoms with Crippen LogP contribution in [0.5, 0.6) is 0 Å². The maximum atomic E-state index is 13.4. The molecule has 0 bridgehead atoms. The lowest BCUT2D eigenvalue weighted by molar-refractivity contribution is -0.147. The van der Waals surface area contributed by atoms with Crippen molar-refractivity contribution in [3.63, 3.8) is 0 Å². The number of carbonyl (C=O) groups excluding carboxylic acids is 1. The molecule has 7 heteroatoms. The Morgan fingerprint density at radius 3 is 2.91 bits per heavy atom. The van der Waals surface area contributed by atoms with E-state index in [0.29, 0.717) is 17.7 Å². The molecule has 3 rings (SSSR count). The predicted molar refractivity (Wildman–Crippen MR) is 76.3 cm³/mol. The van der Waals surface area contributed by atoms with Gasteiger partial charge in [-0.05, 0) is 30.7 Å². The average Bonchev–Trinajstić information content (AvgIpc) is 2.90. The fraction of sp³-hybridized carbons (Fsp3) is 0.333. The lowest BCUT2D eigenvalue weighted by Crippen LogP contribution is -2.52. The minimum atomic E-state index is -1.11. The minimum Gasteiger partial charge on any atom is -0.480 e. The second-order valence-electron chi connectivity index (χ2n) is 5.29. The van der Waals surface area contributed by atoms with Gasteiger partial charge in [0.05, 0.1) is 13.2 Å². The molecule has 116 valence electrons. The Morgan fingerprint density at radius 2 is 2.18 bits per heavy atom. The minimum absolute atomic E-state index is 0.0328. The number of rotatable bonds is 2. The lowest BCUT2D eigenvalue weighted by atomic mass is 10.1. The van der Waals surface area contributed by atoms with E-state index in [2.05, 4.69) is 4.98 Å². The van der Waals surface area contributed by atoms with Crippen LogP contribution in [0.15, 0.2) is 18.2 Å². The summed E-state index contributed by atoms with van der Waals surface area (Å²) >= 11 is 0. The summed E-state index contributed by atoms with van der Waals surface area (Å²) in [6.07, 6.45) is 0. The van der Waals surface area contributed by atoms with Crippen molar-refractivity contribution in [3.8, 4) is 0 Å². The number of aliphatic carboxylic acids is 1. The first-order valence-electron chi connectivity index (χ1n) is 6.88. The number of carboxylic acids is 1. The van der Waals surface area contributed by atoms with E-state index in [-0.39, 0.29) is 24.7 Å².